The van der Waals surface area contributed by atoms with Crippen LogP contribution in [0.4, 0.5) is 13.9 Å². The third-order valence-corrected chi connectivity index (χ3v) is 4.51. The van der Waals surface area contributed by atoms with E-state index in [-0.39, 0.29) is 0 Å². The lowest BCUT2D eigenvalue weighted by molar-refractivity contribution is 0.500. The molecule has 22 heavy (non-hydrogen) atoms. The van der Waals surface area contributed by atoms with Crippen LogP contribution >= 0.6 is 11.3 Å². The first-order valence-electron chi connectivity index (χ1n) is 7.34. The Morgan fingerprint density at radius 3 is 3.00 bits per heavy atom. The summed E-state index contributed by atoms with van der Waals surface area (Å²) in [5, 5.41) is 6.76. The van der Waals surface area contributed by atoms with Crippen LogP contribution in [0.1, 0.15) is 32.6 Å². The van der Waals surface area contributed by atoms with Crippen LogP contribution in [0.2, 0.25) is 0 Å². The summed E-state index contributed by atoms with van der Waals surface area (Å²) in [4.78, 5) is 4.31. The molecule has 1 aromatic carbocycles. The Morgan fingerprint density at radius 2 is 2.23 bits per heavy atom. The van der Waals surface area contributed by atoms with Gasteiger partial charge in [0.15, 0.2) is 0 Å². The fraction of sp³-hybridized carbons (Fsp3) is 0.375. The summed E-state index contributed by atoms with van der Waals surface area (Å²) >= 11 is 1.36. The smallest absolute Gasteiger partial charge is 0.203 e. The highest BCUT2D eigenvalue weighted by molar-refractivity contribution is 7.14. The van der Waals surface area contributed by atoms with Gasteiger partial charge in [-0.25, -0.2) is 13.8 Å². The first kappa shape index (κ1) is 15.1. The normalized spacial score (nSPS) is 20.3. The van der Waals surface area contributed by atoms with Crippen molar-refractivity contribution < 1.29 is 8.78 Å². The minimum absolute atomic E-state index is 0.296. The highest BCUT2D eigenvalue weighted by Gasteiger charge is 2.14. The van der Waals surface area contributed by atoms with Gasteiger partial charge in [0.1, 0.15) is 11.6 Å². The molecule has 1 fully saturated rings. The molecule has 116 valence electrons. The summed E-state index contributed by atoms with van der Waals surface area (Å²) in [5.41, 5.74) is 4.89. The first-order valence-corrected chi connectivity index (χ1v) is 8.22. The van der Waals surface area contributed by atoms with Crippen molar-refractivity contribution in [1.82, 2.24) is 4.98 Å². The molecular formula is C16H17F2N3S. The van der Waals surface area contributed by atoms with E-state index in [1.807, 2.05) is 0 Å². The van der Waals surface area contributed by atoms with Crippen LogP contribution in [0, 0.1) is 17.6 Å². The van der Waals surface area contributed by atoms with Crippen molar-refractivity contribution in [3.8, 4) is 11.3 Å². The fourth-order valence-electron chi connectivity index (χ4n) is 2.64. The summed E-state index contributed by atoms with van der Waals surface area (Å²) in [6.45, 7) is 2.23. The van der Waals surface area contributed by atoms with Gasteiger partial charge >= 0.3 is 0 Å². The van der Waals surface area contributed by atoms with Crippen LogP contribution in [0.5, 0.6) is 0 Å². The molecule has 0 aliphatic heterocycles. The van der Waals surface area contributed by atoms with Gasteiger partial charge in [-0.2, -0.15) is 5.10 Å². The van der Waals surface area contributed by atoms with Gasteiger partial charge in [0.25, 0.3) is 0 Å². The molecule has 0 spiro atoms. The van der Waals surface area contributed by atoms with Gasteiger partial charge in [0.2, 0.25) is 5.13 Å². The molecule has 1 aliphatic rings. The molecule has 6 heteroatoms. The number of hydrogen-bond acceptors (Lipinski definition) is 4. The molecule has 2 aromatic rings. The number of halogens is 2. The van der Waals surface area contributed by atoms with E-state index < -0.39 is 11.6 Å². The Morgan fingerprint density at radius 1 is 1.36 bits per heavy atom. The average Bonchev–Trinajstić information content (AvgIpc) is 2.94. The number of aromatic nitrogens is 1. The zero-order chi connectivity index (χ0) is 15.5. The van der Waals surface area contributed by atoms with Crippen LogP contribution in [0.3, 0.4) is 0 Å². The SMILES string of the molecule is CC1CCC/C(=N/Nc2nc(-c3ccc(F)cc3F)cs2)C1. The van der Waals surface area contributed by atoms with Crippen molar-refractivity contribution in [3.05, 3.63) is 35.2 Å². The molecule has 1 N–H and O–H groups in total. The summed E-state index contributed by atoms with van der Waals surface area (Å²) in [6, 6.07) is 3.50. The van der Waals surface area contributed by atoms with Crippen molar-refractivity contribution in [3.63, 3.8) is 0 Å². The molecule has 0 amide bonds. The number of anilines is 1. The number of thiazole rings is 1. The van der Waals surface area contributed by atoms with Gasteiger partial charge in [0, 0.05) is 22.7 Å². The maximum Gasteiger partial charge on any atom is 0.203 e. The van der Waals surface area contributed by atoms with E-state index in [9.17, 15) is 8.78 Å². The average molecular weight is 321 g/mol. The topological polar surface area (TPSA) is 37.3 Å². The molecule has 1 aromatic heterocycles. The molecule has 0 bridgehead atoms. The van der Waals surface area contributed by atoms with Crippen molar-refractivity contribution in [1.29, 1.82) is 0 Å². The predicted octanol–water partition coefficient (Wildman–Crippen LogP) is 5.07. The molecule has 0 saturated heterocycles. The molecule has 1 saturated carbocycles. The van der Waals surface area contributed by atoms with E-state index in [1.165, 1.54) is 36.3 Å². The van der Waals surface area contributed by atoms with E-state index in [4.69, 9.17) is 0 Å². The van der Waals surface area contributed by atoms with Crippen LogP contribution in [-0.4, -0.2) is 10.7 Å². The zero-order valence-electron chi connectivity index (χ0n) is 12.3. The second-order valence-electron chi connectivity index (χ2n) is 5.65. The maximum absolute atomic E-state index is 13.7. The van der Waals surface area contributed by atoms with Crippen LogP contribution in [-0.2, 0) is 0 Å². The number of benzene rings is 1. The number of hydrazone groups is 1. The lowest BCUT2D eigenvalue weighted by atomic mass is 9.89. The number of rotatable bonds is 3. The summed E-state index contributed by atoms with van der Waals surface area (Å²) in [7, 11) is 0. The summed E-state index contributed by atoms with van der Waals surface area (Å²) in [6.07, 6.45) is 4.45. The monoisotopic (exact) mass is 321 g/mol. The molecule has 1 aliphatic carbocycles. The highest BCUT2D eigenvalue weighted by Crippen LogP contribution is 2.28. The Kier molecular flexibility index (Phi) is 4.47. The Balaban J connectivity index is 1.72. The highest BCUT2D eigenvalue weighted by atomic mass is 32.1. The largest absolute Gasteiger partial charge is 0.253 e. The van der Waals surface area contributed by atoms with Crippen molar-refractivity contribution in [2.45, 2.75) is 32.6 Å². The Labute approximate surface area is 132 Å². The Bertz CT molecular complexity index is 696. The minimum Gasteiger partial charge on any atom is -0.253 e. The third kappa shape index (κ3) is 3.50. The van der Waals surface area contributed by atoms with Crippen molar-refractivity contribution >= 4 is 22.2 Å². The molecule has 1 atom stereocenters. The number of nitrogens with one attached hydrogen (secondary N) is 1. The number of nitrogens with zero attached hydrogens (tertiary/aromatic N) is 2. The van der Waals surface area contributed by atoms with E-state index in [0.717, 1.165) is 24.6 Å². The molecule has 3 nitrogen and oxygen atoms in total. The third-order valence-electron chi connectivity index (χ3n) is 3.77. The molecular weight excluding hydrogens is 304 g/mol. The van der Waals surface area contributed by atoms with Gasteiger partial charge in [-0.3, -0.25) is 5.43 Å². The van der Waals surface area contributed by atoms with E-state index in [2.05, 4.69) is 22.4 Å². The van der Waals surface area contributed by atoms with Gasteiger partial charge in [-0.05, 0) is 43.7 Å². The quantitative estimate of drug-likeness (QED) is 0.802. The molecule has 1 heterocycles. The second-order valence-corrected chi connectivity index (χ2v) is 6.51. The van der Waals surface area contributed by atoms with Crippen LogP contribution in [0.15, 0.2) is 28.7 Å². The lowest BCUT2D eigenvalue weighted by Crippen LogP contribution is -2.13. The van der Waals surface area contributed by atoms with Gasteiger partial charge in [0.05, 0.1) is 5.69 Å². The van der Waals surface area contributed by atoms with E-state index >= 15 is 0 Å². The lowest BCUT2D eigenvalue weighted by Gasteiger charge is -2.18. The zero-order valence-corrected chi connectivity index (χ0v) is 13.1. The van der Waals surface area contributed by atoms with Gasteiger partial charge < -0.3 is 0 Å². The van der Waals surface area contributed by atoms with E-state index in [1.54, 1.807) is 5.38 Å². The molecule has 0 radical (unpaired) electrons. The Hall–Kier alpha value is -1.82. The fourth-order valence-corrected chi connectivity index (χ4v) is 3.29. The number of hydrogen-bond donors (Lipinski definition) is 1. The first-order chi connectivity index (χ1) is 10.6. The van der Waals surface area contributed by atoms with Crippen molar-refractivity contribution in [2.24, 2.45) is 11.0 Å². The summed E-state index contributed by atoms with van der Waals surface area (Å²) < 4.78 is 26.7. The predicted molar refractivity (Wildman–Crippen MR) is 86.2 cm³/mol. The minimum atomic E-state index is -0.607. The standard InChI is InChI=1S/C16H17F2N3S/c1-10-3-2-4-12(7-10)20-21-16-19-15(9-22-16)13-6-5-11(17)8-14(13)18/h5-6,8-10H,2-4,7H2,1H3,(H,19,21)/b20-12-. The van der Waals surface area contributed by atoms with E-state index in [0.29, 0.717) is 22.3 Å². The van der Waals surface area contributed by atoms with Crippen LogP contribution in [0.25, 0.3) is 11.3 Å². The van der Waals surface area contributed by atoms with Gasteiger partial charge in [-0.1, -0.05) is 6.92 Å². The van der Waals surface area contributed by atoms with Crippen LogP contribution < -0.4 is 5.43 Å². The summed E-state index contributed by atoms with van der Waals surface area (Å²) in [5.74, 6) is -0.522. The maximum atomic E-state index is 13.7. The van der Waals surface area contributed by atoms with Crippen molar-refractivity contribution in [2.75, 3.05) is 5.43 Å². The van der Waals surface area contributed by atoms with Gasteiger partial charge in [-0.15, -0.1) is 11.3 Å². The molecule has 3 rings (SSSR count). The molecule has 1 unspecified atom stereocenters. The second kappa shape index (κ2) is 6.52.